The van der Waals surface area contributed by atoms with Gasteiger partial charge in [0.15, 0.2) is 0 Å². The molecule has 0 aliphatic rings. The van der Waals surface area contributed by atoms with Crippen LogP contribution in [0.5, 0.6) is 0 Å². The third-order valence-electron chi connectivity index (χ3n) is 0.667. The number of ether oxygens (including phenoxy) is 2. The Bertz CT molecular complexity index is 48.1. The molecule has 66 valence electrons. The Labute approximate surface area is 64.5 Å². The maximum absolute atomic E-state index is 4.50. The average molecular weight is 413 g/mol. The van der Waals surface area contributed by atoms with E-state index >= 15 is 0 Å². The molecule has 0 radical (unpaired) electrons. The van der Waals surface area contributed by atoms with Gasteiger partial charge in [-0.15, -0.1) is 0 Å². The summed E-state index contributed by atoms with van der Waals surface area (Å²) < 4.78 is 9.00. The van der Waals surface area contributed by atoms with Gasteiger partial charge in [0.2, 0.25) is 0 Å². The van der Waals surface area contributed by atoms with Gasteiger partial charge in [0.25, 0.3) is 0 Å². The molecule has 0 heterocycles. The minimum absolute atomic E-state index is 0. The van der Waals surface area contributed by atoms with Gasteiger partial charge in [-0.25, -0.2) is 14.2 Å². The summed E-state index contributed by atoms with van der Waals surface area (Å²) in [5, 5.41) is 0. The fraction of sp³-hybridized carbons (Fsp3) is 0.750. The molecule has 0 rings (SSSR count). The van der Waals surface area contributed by atoms with Crippen LogP contribution in [0.3, 0.4) is 0 Å². The van der Waals surface area contributed by atoms with Gasteiger partial charge < -0.3 is 9.47 Å². The molecule has 0 fully saturated rings. The van der Waals surface area contributed by atoms with Crippen LogP contribution in [-0.4, -0.2) is 12.2 Å². The van der Waals surface area contributed by atoms with Gasteiger partial charge in [0.05, 0.1) is 0 Å². The maximum atomic E-state index is 4.50. The molecule has 0 aliphatic carbocycles. The molecule has 0 aromatic heterocycles. The van der Waals surface area contributed by atoms with E-state index in [1.807, 2.05) is 27.7 Å². The van der Waals surface area contributed by atoms with Crippen LogP contribution in [0.25, 0.3) is 0 Å². The van der Waals surface area contributed by atoms with Gasteiger partial charge in [0.1, 0.15) is 0 Å². The number of hydrogen-bond donors (Lipinski definition) is 0. The van der Waals surface area contributed by atoms with Crippen molar-refractivity contribution in [1.29, 1.82) is 0 Å². The van der Waals surface area contributed by atoms with E-state index in [4.69, 9.17) is 0 Å². The van der Waals surface area contributed by atoms with Crippen molar-refractivity contribution >= 4 is 0 Å². The van der Waals surface area contributed by atoms with Crippen molar-refractivity contribution < 1.29 is 9.47 Å². The van der Waals surface area contributed by atoms with Crippen molar-refractivity contribution in [2.24, 2.45) is 0 Å². The van der Waals surface area contributed by atoms with E-state index in [0.29, 0.717) is 0 Å². The molecule has 0 N–H and O–H groups in total. The zero-order valence-electron chi connectivity index (χ0n) is 8.09. The summed E-state index contributed by atoms with van der Waals surface area (Å²) in [6, 6.07) is 0. The first kappa shape index (κ1) is 16.5. The van der Waals surface area contributed by atoms with Gasteiger partial charge >= 0.3 is 0 Å². The predicted octanol–water partition coefficient (Wildman–Crippen LogP) is 2.41. The van der Waals surface area contributed by atoms with Crippen molar-refractivity contribution in [2.45, 2.75) is 39.9 Å². The minimum Gasteiger partial charge on any atom is -0.553 e. The minimum atomic E-state index is 0. The van der Waals surface area contributed by atoms with E-state index in [1.165, 1.54) is 0 Å². The summed E-state index contributed by atoms with van der Waals surface area (Å²) in [6.07, 6.45) is 0.546. The molecule has 0 saturated heterocycles. The van der Waals surface area contributed by atoms with Gasteiger partial charge in [-0.3, -0.25) is 0 Å². The molecule has 0 aromatic rings. The monoisotopic (exact) mass is 413 g/mol. The molecular weight excluding hydrogens is 395 g/mol. The van der Waals surface area contributed by atoms with E-state index in [9.17, 15) is 0 Å². The van der Waals surface area contributed by atoms with Crippen LogP contribution < -0.4 is 0 Å². The first-order valence-corrected chi connectivity index (χ1v) is 3.36. The maximum Gasteiger partial charge on any atom is 0.0170 e. The second-order valence-corrected chi connectivity index (χ2v) is 2.43. The van der Waals surface area contributed by atoms with Crippen LogP contribution in [-0.2, 0) is 9.47 Å². The summed E-state index contributed by atoms with van der Waals surface area (Å²) >= 11 is 0. The largest absolute Gasteiger partial charge is 0.553 e. The topological polar surface area (TPSA) is 18.5 Å². The van der Waals surface area contributed by atoms with Gasteiger partial charge in [-0.1, -0.05) is 0 Å². The van der Waals surface area contributed by atoms with Gasteiger partial charge in [0, 0.05) is 12.2 Å². The molecule has 3 heteroatoms. The van der Waals surface area contributed by atoms with Crippen LogP contribution in [0.15, 0.2) is 0 Å². The fourth-order valence-electron chi connectivity index (χ4n) is 0. The Morgan fingerprint density at radius 1 is 0.818 bits per heavy atom. The molecule has 0 saturated carbocycles. The molecule has 0 bridgehead atoms. The summed E-state index contributed by atoms with van der Waals surface area (Å²) in [6.45, 7) is 7.75. The summed E-state index contributed by atoms with van der Waals surface area (Å²) in [5.41, 5.74) is 0. The Hall–Kier alpha value is -1.08. The first-order chi connectivity index (χ1) is 4.54. The van der Waals surface area contributed by atoms with Crippen molar-refractivity contribution in [3.05, 3.63) is 14.2 Å². The molecule has 0 amide bonds. The van der Waals surface area contributed by atoms with Crippen molar-refractivity contribution in [3.8, 4) is 0 Å². The van der Waals surface area contributed by atoms with Gasteiger partial charge in [-0.2, -0.15) is 0 Å². The third kappa shape index (κ3) is 50.1. The smallest absolute Gasteiger partial charge is 0.0170 e. The Morgan fingerprint density at radius 3 is 0.909 bits per heavy atom. The van der Waals surface area contributed by atoms with Crippen LogP contribution in [0.1, 0.15) is 27.7 Å². The zero-order chi connectivity index (χ0) is 8.57. The zero-order valence-corrected chi connectivity index (χ0v) is 14.5. The van der Waals surface area contributed by atoms with Crippen molar-refractivity contribution in [1.82, 2.24) is 0 Å². The van der Waals surface area contributed by atoms with Crippen LogP contribution in [0, 0.1) is 14.2 Å². The number of rotatable bonds is 2. The number of hydrogen-bond acceptors (Lipinski definition) is 2. The Kier molecular flexibility index (Phi) is 17.5. The second kappa shape index (κ2) is 11.7. The molecular formula is C8H18O2Rf-2. The van der Waals surface area contributed by atoms with Crippen molar-refractivity contribution in [3.63, 3.8) is 0 Å². The van der Waals surface area contributed by atoms with E-state index in [1.54, 1.807) is 0 Å². The third-order valence-corrected chi connectivity index (χ3v) is 0.667. The fourth-order valence-corrected chi connectivity index (χ4v) is 0. The second-order valence-electron chi connectivity index (χ2n) is 2.43. The molecule has 0 aromatic carbocycles. The quantitative estimate of drug-likeness (QED) is 0.648. The van der Waals surface area contributed by atoms with E-state index in [-0.39, 0.29) is 12.2 Å². The van der Waals surface area contributed by atoms with Gasteiger partial charge in [-0.05, 0) is 27.7 Å². The van der Waals surface area contributed by atoms with E-state index in [0.717, 1.165) is 0 Å². The van der Waals surface area contributed by atoms with Crippen LogP contribution in [0.2, 0.25) is 0 Å². The van der Waals surface area contributed by atoms with E-state index < -0.39 is 0 Å². The SMILES string of the molecule is [CH2-]OC(C)C.[CH2-]OC(C)C.[Rf]. The molecule has 0 aliphatic heterocycles. The first-order valence-electron chi connectivity index (χ1n) is 3.36. The predicted molar refractivity (Wildman–Crippen MR) is 43.2 cm³/mol. The molecule has 0 spiro atoms. The molecule has 2 nitrogen and oxygen atoms in total. The summed E-state index contributed by atoms with van der Waals surface area (Å²) in [5.74, 6) is 0. The normalized spacial score (nSPS) is 8.73. The molecule has 11 heavy (non-hydrogen) atoms. The van der Waals surface area contributed by atoms with Crippen LogP contribution in [0.4, 0.5) is 0 Å². The summed E-state index contributed by atoms with van der Waals surface area (Å²) in [7, 11) is 6.37. The van der Waals surface area contributed by atoms with E-state index in [2.05, 4.69) is 23.7 Å². The Morgan fingerprint density at radius 2 is 0.909 bits per heavy atom. The standard InChI is InChI=1S/2C4H9O.Rf/c2*1-4(2)5-3;/h2*4H,3H2,1-2H3;/q2*-1;. The average Bonchev–Trinajstić information content (AvgIpc) is 1.89. The molecule has 0 unspecified atom stereocenters. The van der Waals surface area contributed by atoms with Crippen LogP contribution >= 0.6 is 0 Å². The Balaban J connectivity index is -0.000000107. The van der Waals surface area contributed by atoms with Crippen molar-refractivity contribution in [2.75, 3.05) is 0 Å². The summed E-state index contributed by atoms with van der Waals surface area (Å²) in [4.78, 5) is 0. The molecule has 0 atom stereocenters.